The Morgan fingerprint density at radius 1 is 1.41 bits per heavy atom. The summed E-state index contributed by atoms with van der Waals surface area (Å²) in [6.07, 6.45) is 1.06. The summed E-state index contributed by atoms with van der Waals surface area (Å²) < 4.78 is 0. The second-order valence-electron chi connectivity index (χ2n) is 5.84. The lowest BCUT2D eigenvalue weighted by molar-refractivity contribution is 0.565. The Hall–Kier alpha value is -1.32. The van der Waals surface area contributed by atoms with Gasteiger partial charge in [0.25, 0.3) is 5.56 Å². The first-order chi connectivity index (χ1) is 7.79. The maximum absolute atomic E-state index is 11.5. The number of aromatic amines is 1. The van der Waals surface area contributed by atoms with Crippen LogP contribution in [0.1, 0.15) is 46.7 Å². The Morgan fingerprint density at radius 2 is 2.06 bits per heavy atom. The molecular formula is C13H23N3O. The number of rotatable bonds is 4. The summed E-state index contributed by atoms with van der Waals surface area (Å²) in [5, 5.41) is 3.16. The molecule has 0 amide bonds. The van der Waals surface area contributed by atoms with E-state index in [1.165, 1.54) is 0 Å². The van der Waals surface area contributed by atoms with E-state index in [1.54, 1.807) is 6.07 Å². The van der Waals surface area contributed by atoms with Crippen molar-refractivity contribution in [3.8, 4) is 0 Å². The first kappa shape index (κ1) is 13.7. The number of aromatic nitrogens is 2. The summed E-state index contributed by atoms with van der Waals surface area (Å²) in [5.74, 6) is 1.21. The van der Waals surface area contributed by atoms with Crippen LogP contribution in [0.2, 0.25) is 0 Å². The fourth-order valence-corrected chi connectivity index (χ4v) is 1.40. The summed E-state index contributed by atoms with van der Waals surface area (Å²) in [6.45, 7) is 11.3. The minimum atomic E-state index is -0.108. The second kappa shape index (κ2) is 5.34. The molecule has 96 valence electrons. The van der Waals surface area contributed by atoms with Crippen LogP contribution in [0.3, 0.4) is 0 Å². The average molecular weight is 237 g/mol. The van der Waals surface area contributed by atoms with Crippen molar-refractivity contribution in [2.75, 3.05) is 11.9 Å². The van der Waals surface area contributed by atoms with Crippen molar-refractivity contribution in [3.05, 3.63) is 22.1 Å². The SMILES string of the molecule is CC(C)CCNc1nc(C(C)(C)C)cc(=O)[nH]1. The van der Waals surface area contributed by atoms with Crippen molar-refractivity contribution in [2.45, 2.75) is 46.5 Å². The number of anilines is 1. The van der Waals surface area contributed by atoms with Gasteiger partial charge in [0.05, 0.1) is 5.69 Å². The van der Waals surface area contributed by atoms with Crippen LogP contribution in [0.4, 0.5) is 5.95 Å². The van der Waals surface area contributed by atoms with Crippen LogP contribution in [-0.2, 0) is 5.41 Å². The van der Waals surface area contributed by atoms with Gasteiger partial charge in [0.1, 0.15) is 0 Å². The van der Waals surface area contributed by atoms with Crippen LogP contribution in [0, 0.1) is 5.92 Å². The van der Waals surface area contributed by atoms with E-state index in [4.69, 9.17) is 0 Å². The monoisotopic (exact) mass is 237 g/mol. The lowest BCUT2D eigenvalue weighted by atomic mass is 9.92. The van der Waals surface area contributed by atoms with Gasteiger partial charge in [-0.2, -0.15) is 0 Å². The summed E-state index contributed by atoms with van der Waals surface area (Å²) in [6, 6.07) is 1.56. The molecule has 0 radical (unpaired) electrons. The predicted octanol–water partition coefficient (Wildman–Crippen LogP) is 2.53. The van der Waals surface area contributed by atoms with Crippen LogP contribution in [0.15, 0.2) is 10.9 Å². The van der Waals surface area contributed by atoms with E-state index in [-0.39, 0.29) is 11.0 Å². The molecule has 0 aliphatic carbocycles. The average Bonchev–Trinajstić information content (AvgIpc) is 2.14. The molecule has 4 heteroatoms. The highest BCUT2D eigenvalue weighted by atomic mass is 16.1. The third-order valence-corrected chi connectivity index (χ3v) is 2.52. The molecule has 0 spiro atoms. The molecule has 17 heavy (non-hydrogen) atoms. The molecule has 0 saturated heterocycles. The van der Waals surface area contributed by atoms with Gasteiger partial charge in [0.15, 0.2) is 0 Å². The van der Waals surface area contributed by atoms with E-state index in [2.05, 4.69) is 29.1 Å². The number of hydrogen-bond donors (Lipinski definition) is 2. The lowest BCUT2D eigenvalue weighted by Gasteiger charge is -2.18. The van der Waals surface area contributed by atoms with Gasteiger partial charge in [-0.3, -0.25) is 9.78 Å². The normalized spacial score (nSPS) is 11.9. The molecule has 0 aliphatic heterocycles. The Labute approximate surface area is 103 Å². The number of hydrogen-bond acceptors (Lipinski definition) is 3. The second-order valence-corrected chi connectivity index (χ2v) is 5.84. The molecule has 1 aromatic rings. The molecular weight excluding hydrogens is 214 g/mol. The molecule has 0 fully saturated rings. The minimum Gasteiger partial charge on any atom is -0.356 e. The molecule has 4 nitrogen and oxygen atoms in total. The summed E-state index contributed by atoms with van der Waals surface area (Å²) in [5.41, 5.74) is 0.605. The van der Waals surface area contributed by atoms with Gasteiger partial charge in [-0.25, -0.2) is 4.98 Å². The largest absolute Gasteiger partial charge is 0.356 e. The van der Waals surface area contributed by atoms with Crippen LogP contribution in [0.5, 0.6) is 0 Å². The van der Waals surface area contributed by atoms with Gasteiger partial charge in [0, 0.05) is 18.0 Å². The highest BCUT2D eigenvalue weighted by Crippen LogP contribution is 2.18. The van der Waals surface area contributed by atoms with Crippen molar-refractivity contribution in [2.24, 2.45) is 5.92 Å². The highest BCUT2D eigenvalue weighted by Gasteiger charge is 2.16. The Bertz CT molecular complexity index is 415. The van der Waals surface area contributed by atoms with E-state index >= 15 is 0 Å². The Kier molecular flexibility index (Phi) is 4.32. The smallest absolute Gasteiger partial charge is 0.252 e. The van der Waals surface area contributed by atoms with Crippen LogP contribution < -0.4 is 10.9 Å². The molecule has 0 aromatic carbocycles. The first-order valence-electron chi connectivity index (χ1n) is 6.15. The van der Waals surface area contributed by atoms with Crippen molar-refractivity contribution in [3.63, 3.8) is 0 Å². The molecule has 1 aromatic heterocycles. The number of nitrogens with one attached hydrogen (secondary N) is 2. The molecule has 0 bridgehead atoms. The quantitative estimate of drug-likeness (QED) is 0.846. The summed E-state index contributed by atoms with van der Waals surface area (Å²) in [4.78, 5) is 18.7. The standard InChI is InChI=1S/C13H23N3O/c1-9(2)6-7-14-12-15-10(13(3,4)5)8-11(17)16-12/h8-9H,6-7H2,1-5H3,(H2,14,15,16,17). The van der Waals surface area contributed by atoms with Crippen LogP contribution >= 0.6 is 0 Å². The molecule has 0 unspecified atom stereocenters. The van der Waals surface area contributed by atoms with E-state index in [0.717, 1.165) is 18.7 Å². The zero-order valence-electron chi connectivity index (χ0n) is 11.4. The number of H-pyrrole nitrogens is 1. The predicted molar refractivity (Wildman–Crippen MR) is 71.5 cm³/mol. The minimum absolute atomic E-state index is 0.100. The van der Waals surface area contributed by atoms with Crippen LogP contribution in [-0.4, -0.2) is 16.5 Å². The molecule has 0 saturated carbocycles. The Balaban J connectivity index is 2.80. The van der Waals surface area contributed by atoms with E-state index in [1.807, 2.05) is 20.8 Å². The highest BCUT2D eigenvalue weighted by molar-refractivity contribution is 5.27. The van der Waals surface area contributed by atoms with Gasteiger partial charge >= 0.3 is 0 Å². The zero-order valence-corrected chi connectivity index (χ0v) is 11.4. The van der Waals surface area contributed by atoms with E-state index in [0.29, 0.717) is 11.9 Å². The topological polar surface area (TPSA) is 57.8 Å². The van der Waals surface area contributed by atoms with Crippen LogP contribution in [0.25, 0.3) is 0 Å². The van der Waals surface area contributed by atoms with Crippen molar-refractivity contribution in [1.82, 2.24) is 9.97 Å². The summed E-state index contributed by atoms with van der Waals surface area (Å²) in [7, 11) is 0. The fourth-order valence-electron chi connectivity index (χ4n) is 1.40. The third kappa shape index (κ3) is 4.59. The van der Waals surface area contributed by atoms with Gasteiger partial charge < -0.3 is 5.32 Å². The Morgan fingerprint density at radius 3 is 2.59 bits per heavy atom. The fraction of sp³-hybridized carbons (Fsp3) is 0.692. The first-order valence-corrected chi connectivity index (χ1v) is 6.15. The molecule has 1 heterocycles. The number of nitrogens with zero attached hydrogens (tertiary/aromatic N) is 1. The van der Waals surface area contributed by atoms with Gasteiger partial charge in [-0.15, -0.1) is 0 Å². The van der Waals surface area contributed by atoms with Gasteiger partial charge in [-0.1, -0.05) is 34.6 Å². The molecule has 1 rings (SSSR count). The molecule has 0 atom stereocenters. The van der Waals surface area contributed by atoms with E-state index in [9.17, 15) is 4.79 Å². The maximum Gasteiger partial charge on any atom is 0.252 e. The maximum atomic E-state index is 11.5. The van der Waals surface area contributed by atoms with E-state index < -0.39 is 0 Å². The zero-order chi connectivity index (χ0) is 13.1. The van der Waals surface area contributed by atoms with Gasteiger partial charge in [0.2, 0.25) is 5.95 Å². The summed E-state index contributed by atoms with van der Waals surface area (Å²) >= 11 is 0. The third-order valence-electron chi connectivity index (χ3n) is 2.52. The van der Waals surface area contributed by atoms with Crippen molar-refractivity contribution < 1.29 is 0 Å². The molecule has 2 N–H and O–H groups in total. The van der Waals surface area contributed by atoms with Gasteiger partial charge in [-0.05, 0) is 12.3 Å². The molecule has 0 aliphatic rings. The van der Waals surface area contributed by atoms with Crippen molar-refractivity contribution in [1.29, 1.82) is 0 Å². The van der Waals surface area contributed by atoms with Crippen molar-refractivity contribution >= 4 is 5.95 Å². The lowest BCUT2D eigenvalue weighted by Crippen LogP contribution is -2.21.